The molecule has 12 heavy (non-hydrogen) atoms. The van der Waals surface area contributed by atoms with Gasteiger partial charge in [0.05, 0.1) is 10.7 Å². The molecule has 1 N–H and O–H groups in total. The summed E-state index contributed by atoms with van der Waals surface area (Å²) in [7, 11) is 0. The second-order valence-electron chi connectivity index (χ2n) is 2.91. The van der Waals surface area contributed by atoms with Crippen LogP contribution in [0.1, 0.15) is 12.0 Å². The molecule has 2 rings (SSSR count). The summed E-state index contributed by atoms with van der Waals surface area (Å²) in [6.45, 7) is 0.885. The van der Waals surface area contributed by atoms with Gasteiger partial charge < -0.3 is 5.32 Å². The second kappa shape index (κ2) is 2.94. The summed E-state index contributed by atoms with van der Waals surface area (Å²) in [5.74, 6) is -0.151. The first kappa shape index (κ1) is 7.87. The Labute approximate surface area is 75.5 Å². The summed E-state index contributed by atoms with van der Waals surface area (Å²) in [5, 5.41) is 3.72. The molecule has 1 nitrogen and oxygen atoms in total. The Kier molecular flexibility index (Phi) is 1.93. The van der Waals surface area contributed by atoms with Crippen molar-refractivity contribution in [2.75, 3.05) is 11.9 Å². The molecule has 0 saturated heterocycles. The maximum atomic E-state index is 13.2. The number of anilines is 1. The predicted octanol–water partition coefficient (Wildman–Crippen LogP) is 2.84. The van der Waals surface area contributed by atoms with E-state index >= 15 is 0 Å². The zero-order valence-corrected chi connectivity index (χ0v) is 7.29. The molecule has 0 aliphatic carbocycles. The number of halogens is 2. The van der Waals surface area contributed by atoms with Crippen LogP contribution in [0.3, 0.4) is 0 Å². The summed E-state index contributed by atoms with van der Waals surface area (Å²) in [4.78, 5) is 0. The minimum absolute atomic E-state index is 0.151. The molecule has 0 fully saturated rings. The molecular formula is C9H9ClFN. The molecule has 0 unspecified atom stereocenters. The zero-order chi connectivity index (χ0) is 8.55. The van der Waals surface area contributed by atoms with E-state index in [1.165, 1.54) is 6.07 Å². The van der Waals surface area contributed by atoms with Gasteiger partial charge in [-0.2, -0.15) is 0 Å². The largest absolute Gasteiger partial charge is 0.384 e. The lowest BCUT2D eigenvalue weighted by atomic mass is 10.0. The van der Waals surface area contributed by atoms with Crippen molar-refractivity contribution in [1.82, 2.24) is 0 Å². The molecule has 0 bridgehead atoms. The molecule has 0 saturated carbocycles. The van der Waals surface area contributed by atoms with Gasteiger partial charge in [0.2, 0.25) is 0 Å². The van der Waals surface area contributed by atoms with E-state index in [9.17, 15) is 4.39 Å². The Morgan fingerprint density at radius 1 is 1.42 bits per heavy atom. The van der Waals surface area contributed by atoms with Gasteiger partial charge in [-0.25, -0.2) is 4.39 Å². The van der Waals surface area contributed by atoms with Crippen molar-refractivity contribution in [2.24, 2.45) is 0 Å². The molecule has 1 aliphatic heterocycles. The third-order valence-corrected chi connectivity index (χ3v) is 2.43. The van der Waals surface area contributed by atoms with Gasteiger partial charge in [0.15, 0.2) is 0 Å². The minimum Gasteiger partial charge on any atom is -0.384 e. The lowest BCUT2D eigenvalue weighted by molar-refractivity contribution is 0.602. The van der Waals surface area contributed by atoms with E-state index in [1.807, 2.05) is 0 Å². The van der Waals surface area contributed by atoms with Crippen molar-refractivity contribution in [3.05, 3.63) is 28.5 Å². The number of hydrogen-bond donors (Lipinski definition) is 1. The normalized spacial score (nSPS) is 15.2. The Hall–Kier alpha value is -0.760. The highest BCUT2D eigenvalue weighted by atomic mass is 35.5. The summed E-state index contributed by atoms with van der Waals surface area (Å²) in [6, 6.07) is 3.02. The topological polar surface area (TPSA) is 12.0 Å². The van der Waals surface area contributed by atoms with Gasteiger partial charge in [-0.05, 0) is 25.0 Å². The third-order valence-electron chi connectivity index (χ3n) is 2.11. The van der Waals surface area contributed by atoms with Crippen molar-refractivity contribution in [2.45, 2.75) is 12.8 Å². The highest BCUT2D eigenvalue weighted by Crippen LogP contribution is 2.31. The number of rotatable bonds is 0. The first-order valence-electron chi connectivity index (χ1n) is 4.00. The van der Waals surface area contributed by atoms with Crippen molar-refractivity contribution in [3.8, 4) is 0 Å². The summed E-state index contributed by atoms with van der Waals surface area (Å²) in [6.07, 6.45) is 1.76. The maximum absolute atomic E-state index is 13.2. The SMILES string of the molecule is Fc1ccc(Cl)c2c1CCCN2. The number of fused-ring (bicyclic) bond motifs is 1. The standard InChI is InChI=1S/C9H9ClFN/c10-7-3-4-8(11)6-2-1-5-12-9(6)7/h3-4,12H,1-2,5H2. The van der Waals surface area contributed by atoms with Crippen molar-refractivity contribution >= 4 is 17.3 Å². The molecule has 1 aliphatic rings. The Morgan fingerprint density at radius 2 is 2.25 bits per heavy atom. The molecule has 64 valence electrons. The van der Waals surface area contributed by atoms with E-state index in [2.05, 4.69) is 5.32 Å². The van der Waals surface area contributed by atoms with E-state index < -0.39 is 0 Å². The molecule has 1 aromatic carbocycles. The highest BCUT2D eigenvalue weighted by Gasteiger charge is 2.15. The lowest BCUT2D eigenvalue weighted by Gasteiger charge is -2.19. The van der Waals surface area contributed by atoms with E-state index in [0.717, 1.165) is 30.6 Å². The Balaban J connectivity index is 2.57. The fourth-order valence-electron chi connectivity index (χ4n) is 1.51. The van der Waals surface area contributed by atoms with Gasteiger partial charge in [0, 0.05) is 12.1 Å². The maximum Gasteiger partial charge on any atom is 0.128 e. The summed E-state index contributed by atoms with van der Waals surface area (Å²) >= 11 is 5.88. The van der Waals surface area contributed by atoms with E-state index in [1.54, 1.807) is 6.07 Å². The van der Waals surface area contributed by atoms with E-state index in [4.69, 9.17) is 11.6 Å². The van der Waals surface area contributed by atoms with Gasteiger partial charge in [-0.1, -0.05) is 11.6 Å². The van der Waals surface area contributed by atoms with Crippen LogP contribution in [0, 0.1) is 5.82 Å². The Bertz CT molecular complexity index is 281. The molecule has 3 heteroatoms. The van der Waals surface area contributed by atoms with Crippen molar-refractivity contribution in [1.29, 1.82) is 0 Å². The Morgan fingerprint density at radius 3 is 3.00 bits per heavy atom. The summed E-state index contributed by atoms with van der Waals surface area (Å²) < 4.78 is 13.2. The van der Waals surface area contributed by atoms with Crippen LogP contribution in [0.2, 0.25) is 5.02 Å². The quantitative estimate of drug-likeness (QED) is 0.656. The van der Waals surface area contributed by atoms with Crippen LogP contribution in [-0.4, -0.2) is 6.54 Å². The smallest absolute Gasteiger partial charge is 0.128 e. The minimum atomic E-state index is -0.151. The van der Waals surface area contributed by atoms with Crippen molar-refractivity contribution in [3.63, 3.8) is 0 Å². The zero-order valence-electron chi connectivity index (χ0n) is 6.53. The molecule has 0 radical (unpaired) electrons. The molecule has 1 heterocycles. The first-order valence-corrected chi connectivity index (χ1v) is 4.37. The van der Waals surface area contributed by atoms with Gasteiger partial charge in [-0.3, -0.25) is 0 Å². The molecule has 1 aromatic rings. The second-order valence-corrected chi connectivity index (χ2v) is 3.32. The van der Waals surface area contributed by atoms with Crippen LogP contribution < -0.4 is 5.32 Å². The number of nitrogens with one attached hydrogen (secondary N) is 1. The van der Waals surface area contributed by atoms with Crippen LogP contribution >= 0.6 is 11.6 Å². The van der Waals surface area contributed by atoms with Crippen LogP contribution in [0.5, 0.6) is 0 Å². The molecule has 0 aromatic heterocycles. The predicted molar refractivity (Wildman–Crippen MR) is 48.2 cm³/mol. The molecule has 0 atom stereocenters. The van der Waals surface area contributed by atoms with Gasteiger partial charge in [0.25, 0.3) is 0 Å². The van der Waals surface area contributed by atoms with Crippen molar-refractivity contribution < 1.29 is 4.39 Å². The molecule has 0 amide bonds. The number of benzene rings is 1. The highest BCUT2D eigenvalue weighted by molar-refractivity contribution is 6.33. The fourth-order valence-corrected chi connectivity index (χ4v) is 1.75. The average molecular weight is 186 g/mol. The van der Waals surface area contributed by atoms with Crippen LogP contribution in [0.25, 0.3) is 0 Å². The van der Waals surface area contributed by atoms with Crippen LogP contribution in [0.4, 0.5) is 10.1 Å². The number of hydrogen-bond acceptors (Lipinski definition) is 1. The van der Waals surface area contributed by atoms with E-state index in [-0.39, 0.29) is 5.82 Å². The van der Waals surface area contributed by atoms with Gasteiger partial charge >= 0.3 is 0 Å². The van der Waals surface area contributed by atoms with E-state index in [0.29, 0.717) is 5.02 Å². The monoisotopic (exact) mass is 185 g/mol. The third kappa shape index (κ3) is 1.16. The van der Waals surface area contributed by atoms with Crippen LogP contribution in [-0.2, 0) is 6.42 Å². The van der Waals surface area contributed by atoms with Gasteiger partial charge in [0.1, 0.15) is 5.82 Å². The van der Waals surface area contributed by atoms with Crippen LogP contribution in [0.15, 0.2) is 12.1 Å². The fraction of sp³-hybridized carbons (Fsp3) is 0.333. The van der Waals surface area contributed by atoms with Gasteiger partial charge in [-0.15, -0.1) is 0 Å². The average Bonchev–Trinajstić information content (AvgIpc) is 2.12. The summed E-state index contributed by atoms with van der Waals surface area (Å²) in [5.41, 5.74) is 1.51. The first-order chi connectivity index (χ1) is 5.79. The lowest BCUT2D eigenvalue weighted by Crippen LogP contribution is -2.13. The molecular weight excluding hydrogens is 177 g/mol. The molecule has 0 spiro atoms.